The van der Waals surface area contributed by atoms with Crippen molar-refractivity contribution in [2.24, 2.45) is 0 Å². The van der Waals surface area contributed by atoms with Gasteiger partial charge in [0.2, 0.25) is 11.3 Å². The summed E-state index contributed by atoms with van der Waals surface area (Å²) in [4.78, 5) is 21.8. The molecule has 0 aliphatic rings. The largest absolute Gasteiger partial charge is 1.00 e. The third kappa shape index (κ3) is 6.30. The van der Waals surface area contributed by atoms with Crippen LogP contribution in [0.15, 0.2) is 29.2 Å². The van der Waals surface area contributed by atoms with Crippen LogP contribution in [-0.4, -0.2) is 28.3 Å². The molecule has 1 aromatic carbocycles. The number of carbonyl (C=O) groups excluding carboxylic acids is 2. The van der Waals surface area contributed by atoms with E-state index >= 15 is 0 Å². The predicted octanol–water partition coefficient (Wildman–Crippen LogP) is -2.26. The molecule has 0 radical (unpaired) electrons. The monoisotopic (exact) mass is 529 g/mol. The van der Waals surface area contributed by atoms with Crippen LogP contribution in [-0.2, 0) is 14.6 Å². The van der Waals surface area contributed by atoms with Crippen LogP contribution in [0.3, 0.4) is 0 Å². The number of carboxylic acid groups (broad SMARTS) is 1. The number of nitrogens with one attached hydrogen (secondary N) is 1. The molecule has 0 atom stereocenters. The molecule has 6 nitrogen and oxygen atoms in total. The van der Waals surface area contributed by atoms with E-state index in [-0.39, 0.29) is 61.8 Å². The van der Waals surface area contributed by atoms with Crippen molar-refractivity contribution >= 4 is 69.5 Å². The topological polar surface area (TPSA) is 103 Å². The Morgan fingerprint density at radius 3 is 2.29 bits per heavy atom. The van der Waals surface area contributed by atoms with Crippen molar-refractivity contribution < 1.29 is 74.5 Å². The van der Waals surface area contributed by atoms with Crippen LogP contribution >= 0.6 is 47.8 Å². The molecule has 1 aromatic rings. The fourth-order valence-corrected chi connectivity index (χ4v) is 3.68. The van der Waals surface area contributed by atoms with Crippen molar-refractivity contribution in [3.8, 4) is 0 Å². The molecule has 0 unspecified atom stereocenters. The van der Waals surface area contributed by atoms with Crippen LogP contribution in [0.4, 0.5) is 0 Å². The standard InChI is InChI=1S/C10H8Br3NO5S.K/c11-10(12,13)20(18,19)7-3-1-2-6(4-7)9(17)14-5-8(15)16;/h1-4H,5H2,(H,14,17)(H,15,16);/q;+1/p-1. The molecule has 0 aromatic heterocycles. The molecule has 11 heteroatoms. The number of alkyl halides is 3. The maximum atomic E-state index is 12.1. The fourth-order valence-electron chi connectivity index (χ4n) is 1.19. The van der Waals surface area contributed by atoms with E-state index in [9.17, 15) is 23.1 Å². The minimum atomic E-state index is -3.82. The molecule has 0 fully saturated rings. The molecule has 0 spiro atoms. The van der Waals surface area contributed by atoms with E-state index in [4.69, 9.17) is 0 Å². The van der Waals surface area contributed by atoms with E-state index < -0.39 is 29.7 Å². The maximum absolute atomic E-state index is 12.1. The second kappa shape index (κ2) is 8.88. The molecule has 0 bridgehead atoms. The van der Waals surface area contributed by atoms with Gasteiger partial charge >= 0.3 is 51.4 Å². The van der Waals surface area contributed by atoms with E-state index in [2.05, 4.69) is 53.1 Å². The molecule has 1 amide bonds. The van der Waals surface area contributed by atoms with Crippen LogP contribution in [0.25, 0.3) is 0 Å². The Balaban J connectivity index is 0.00000400. The van der Waals surface area contributed by atoms with Crippen molar-refractivity contribution in [2.75, 3.05) is 6.54 Å². The summed E-state index contributed by atoms with van der Waals surface area (Å²) >= 11 is 8.72. The number of rotatable bonds is 4. The molecule has 0 saturated carbocycles. The van der Waals surface area contributed by atoms with Crippen molar-refractivity contribution in [1.29, 1.82) is 0 Å². The molecule has 1 N–H and O–H groups in total. The Kier molecular flexibility index (Phi) is 9.38. The van der Waals surface area contributed by atoms with E-state index in [1.807, 2.05) is 0 Å². The SMILES string of the molecule is O=C([O-])CNC(=O)c1cccc(S(=O)(=O)C(Br)(Br)Br)c1.[K+]. The van der Waals surface area contributed by atoms with Gasteiger partial charge in [0, 0.05) is 5.56 Å². The summed E-state index contributed by atoms with van der Waals surface area (Å²) < 4.78 is 22.7. The summed E-state index contributed by atoms with van der Waals surface area (Å²) in [6, 6.07) is 5.18. The molecular weight excluding hydrogens is 525 g/mol. The molecule has 1 rings (SSSR count). The van der Waals surface area contributed by atoms with Gasteiger partial charge in [-0.25, -0.2) is 8.42 Å². The van der Waals surface area contributed by atoms with Gasteiger partial charge in [-0.2, -0.15) is 0 Å². The van der Waals surface area contributed by atoms with E-state index in [0.29, 0.717) is 0 Å². The van der Waals surface area contributed by atoms with Gasteiger partial charge < -0.3 is 15.2 Å². The van der Waals surface area contributed by atoms with Crippen molar-refractivity contribution in [3.63, 3.8) is 0 Å². The van der Waals surface area contributed by atoms with Crippen LogP contribution in [0.1, 0.15) is 10.4 Å². The number of carboxylic acids is 1. The summed E-state index contributed by atoms with van der Waals surface area (Å²) in [5, 5.41) is 12.3. The third-order valence-electron chi connectivity index (χ3n) is 2.10. The van der Waals surface area contributed by atoms with Gasteiger partial charge in [0.15, 0.2) is 0 Å². The Morgan fingerprint density at radius 1 is 1.24 bits per heavy atom. The van der Waals surface area contributed by atoms with E-state index in [1.165, 1.54) is 18.2 Å². The average molecular weight is 532 g/mol. The average Bonchev–Trinajstić information content (AvgIpc) is 2.34. The number of carbonyl (C=O) groups is 2. The second-order valence-corrected chi connectivity index (χ2v) is 14.0. The van der Waals surface area contributed by atoms with Crippen LogP contribution in [0.2, 0.25) is 0 Å². The smallest absolute Gasteiger partial charge is 0.548 e. The third-order valence-corrected chi connectivity index (χ3v) is 7.42. The first-order valence-electron chi connectivity index (χ1n) is 4.95. The summed E-state index contributed by atoms with van der Waals surface area (Å²) in [7, 11) is -3.82. The zero-order valence-corrected chi connectivity index (χ0v) is 19.3. The summed E-state index contributed by atoms with van der Waals surface area (Å²) in [6.45, 7) is -0.658. The quantitative estimate of drug-likeness (QED) is 0.349. The molecule has 110 valence electrons. The van der Waals surface area contributed by atoms with Gasteiger partial charge in [-0.1, -0.05) is 6.07 Å². The van der Waals surface area contributed by atoms with Gasteiger partial charge in [-0.05, 0) is 66.0 Å². The van der Waals surface area contributed by atoms with Gasteiger partial charge in [-0.3, -0.25) is 4.79 Å². The summed E-state index contributed by atoms with van der Waals surface area (Å²) in [5.41, 5.74) is 0.0177. The number of sulfone groups is 1. The Morgan fingerprint density at radius 2 is 1.81 bits per heavy atom. The fraction of sp³-hybridized carbons (Fsp3) is 0.200. The minimum absolute atomic E-state index is 0. The zero-order valence-electron chi connectivity index (χ0n) is 10.6. The number of hydrogen-bond acceptors (Lipinski definition) is 5. The minimum Gasteiger partial charge on any atom is -0.548 e. The van der Waals surface area contributed by atoms with Crippen LogP contribution < -0.4 is 61.8 Å². The van der Waals surface area contributed by atoms with E-state index in [1.54, 1.807) is 0 Å². The van der Waals surface area contributed by atoms with Crippen molar-refractivity contribution in [1.82, 2.24) is 5.32 Å². The zero-order chi connectivity index (χ0) is 15.6. The molecular formula is C10H7Br3KNO5S. The van der Waals surface area contributed by atoms with Gasteiger partial charge in [-0.15, -0.1) is 0 Å². The van der Waals surface area contributed by atoms with Gasteiger partial charge in [0.25, 0.3) is 5.91 Å². The second-order valence-electron chi connectivity index (χ2n) is 3.53. The maximum Gasteiger partial charge on any atom is 1.00 e. The molecule has 0 saturated heterocycles. The van der Waals surface area contributed by atoms with E-state index in [0.717, 1.165) is 6.07 Å². The molecule has 0 aliphatic heterocycles. The Bertz CT molecular complexity index is 644. The number of halogens is 3. The van der Waals surface area contributed by atoms with Gasteiger partial charge in [0.05, 0.1) is 17.4 Å². The molecule has 21 heavy (non-hydrogen) atoms. The van der Waals surface area contributed by atoms with Crippen molar-refractivity contribution in [2.45, 2.75) is 6.37 Å². The summed E-state index contributed by atoms with van der Waals surface area (Å²) in [5.74, 6) is -2.15. The van der Waals surface area contributed by atoms with Crippen LogP contribution in [0.5, 0.6) is 0 Å². The number of benzene rings is 1. The number of amides is 1. The number of hydrogen-bond donors (Lipinski definition) is 1. The van der Waals surface area contributed by atoms with Gasteiger partial charge in [0.1, 0.15) is 0 Å². The number of aliphatic carboxylic acids is 1. The Hall–Kier alpha value is 1.19. The van der Waals surface area contributed by atoms with Crippen molar-refractivity contribution in [3.05, 3.63) is 29.8 Å². The first kappa shape index (κ1) is 22.2. The van der Waals surface area contributed by atoms with Crippen LogP contribution in [0, 0.1) is 0 Å². The normalized spacial score (nSPS) is 11.4. The summed E-state index contributed by atoms with van der Waals surface area (Å²) in [6.07, 6.45) is 0. The molecule has 0 aliphatic carbocycles. The first-order valence-corrected chi connectivity index (χ1v) is 8.81. The molecule has 0 heterocycles. The first-order chi connectivity index (χ1) is 9.05. The Labute approximate surface area is 189 Å². The predicted molar refractivity (Wildman–Crippen MR) is 80.5 cm³/mol.